The smallest absolute Gasteiger partial charge is 0.410 e. The maximum Gasteiger partial charge on any atom is 0.410 e. The van der Waals surface area contributed by atoms with Gasteiger partial charge in [-0.05, 0) is 38.5 Å². The highest BCUT2D eigenvalue weighted by Gasteiger charge is 2.26. The van der Waals surface area contributed by atoms with E-state index in [1.54, 1.807) is 17.0 Å². The van der Waals surface area contributed by atoms with Gasteiger partial charge >= 0.3 is 6.09 Å². The molecular weight excluding hydrogens is 322 g/mol. The molecule has 7 heteroatoms. The fourth-order valence-corrected chi connectivity index (χ4v) is 2.71. The van der Waals surface area contributed by atoms with Crippen molar-refractivity contribution in [1.29, 1.82) is 0 Å². The van der Waals surface area contributed by atoms with E-state index in [-0.39, 0.29) is 12.6 Å². The summed E-state index contributed by atoms with van der Waals surface area (Å²) in [5.74, 6) is 0. The Morgan fingerprint density at radius 3 is 2.20 bits per heavy atom. The topological polar surface area (TPSA) is 99.3 Å². The number of aliphatic hydroxyl groups is 2. The second-order valence-corrected chi connectivity index (χ2v) is 7.29. The minimum Gasteiger partial charge on any atom is -0.444 e. The summed E-state index contributed by atoms with van der Waals surface area (Å²) in [7, 11) is 0. The highest BCUT2D eigenvalue weighted by Crippen LogP contribution is 2.22. The predicted octanol–water partition coefficient (Wildman–Crippen LogP) is 1.10. The fraction of sp³-hybridized carbons (Fsp3) is 0.611. The quantitative estimate of drug-likeness (QED) is 0.751. The van der Waals surface area contributed by atoms with E-state index < -0.39 is 17.8 Å². The lowest BCUT2D eigenvalue weighted by Crippen LogP contribution is -2.50. The highest BCUT2D eigenvalue weighted by molar-refractivity contribution is 5.68. The third-order valence-electron chi connectivity index (χ3n) is 4.14. The van der Waals surface area contributed by atoms with Gasteiger partial charge in [0.15, 0.2) is 0 Å². The Labute approximate surface area is 149 Å². The predicted molar refractivity (Wildman–Crippen MR) is 96.5 cm³/mol. The van der Waals surface area contributed by atoms with Crippen molar-refractivity contribution in [2.45, 2.75) is 38.6 Å². The van der Waals surface area contributed by atoms with Crippen LogP contribution >= 0.6 is 0 Å². The largest absolute Gasteiger partial charge is 0.444 e. The van der Waals surface area contributed by atoms with Crippen molar-refractivity contribution in [2.75, 3.05) is 37.6 Å². The molecule has 0 radical (unpaired) electrons. The molecule has 1 amide bonds. The first kappa shape index (κ1) is 19.5. The van der Waals surface area contributed by atoms with E-state index in [9.17, 15) is 15.0 Å². The Balaban J connectivity index is 1.91. The van der Waals surface area contributed by atoms with E-state index in [0.717, 1.165) is 5.69 Å². The SMILES string of the molecule is CC(C)(C)OC(=O)N1CCN(c2ccc(C(O)C(O)CN)cc2)CC1. The molecule has 2 atom stereocenters. The first-order valence-corrected chi connectivity index (χ1v) is 8.60. The number of anilines is 1. The second-order valence-electron chi connectivity index (χ2n) is 7.29. The number of piperazine rings is 1. The number of carbonyl (C=O) groups is 1. The van der Waals surface area contributed by atoms with E-state index in [1.165, 1.54) is 0 Å². The average molecular weight is 351 g/mol. The van der Waals surface area contributed by atoms with Gasteiger partial charge in [-0.2, -0.15) is 0 Å². The summed E-state index contributed by atoms with van der Waals surface area (Å²) >= 11 is 0. The molecule has 1 fully saturated rings. The maximum atomic E-state index is 12.1. The Hall–Kier alpha value is -1.83. The van der Waals surface area contributed by atoms with Crippen LogP contribution in [0, 0.1) is 0 Å². The first-order chi connectivity index (χ1) is 11.7. The van der Waals surface area contributed by atoms with Crippen LogP contribution in [0.4, 0.5) is 10.5 Å². The Morgan fingerprint density at radius 2 is 1.72 bits per heavy atom. The van der Waals surface area contributed by atoms with Crippen LogP contribution in [0.15, 0.2) is 24.3 Å². The van der Waals surface area contributed by atoms with Gasteiger partial charge in [0.2, 0.25) is 0 Å². The summed E-state index contributed by atoms with van der Waals surface area (Å²) in [6.45, 7) is 8.22. The second kappa shape index (κ2) is 8.03. The number of aliphatic hydroxyl groups excluding tert-OH is 2. The van der Waals surface area contributed by atoms with E-state index in [4.69, 9.17) is 10.5 Å². The molecular formula is C18H29N3O4. The van der Waals surface area contributed by atoms with E-state index in [1.807, 2.05) is 32.9 Å². The van der Waals surface area contributed by atoms with Crippen molar-refractivity contribution in [1.82, 2.24) is 4.90 Å². The molecule has 0 saturated carbocycles. The average Bonchev–Trinajstić information content (AvgIpc) is 2.59. The van der Waals surface area contributed by atoms with Crippen LogP contribution in [0.5, 0.6) is 0 Å². The summed E-state index contributed by atoms with van der Waals surface area (Å²) in [6, 6.07) is 7.40. The molecule has 1 saturated heterocycles. The Morgan fingerprint density at radius 1 is 1.16 bits per heavy atom. The number of nitrogens with two attached hydrogens (primary N) is 1. The van der Waals surface area contributed by atoms with Gasteiger partial charge in [-0.3, -0.25) is 0 Å². The van der Waals surface area contributed by atoms with Gasteiger partial charge in [0.05, 0.1) is 6.10 Å². The number of amides is 1. The molecule has 7 nitrogen and oxygen atoms in total. The van der Waals surface area contributed by atoms with Crippen LogP contribution < -0.4 is 10.6 Å². The van der Waals surface area contributed by atoms with Gasteiger partial charge in [0.1, 0.15) is 11.7 Å². The van der Waals surface area contributed by atoms with Gasteiger partial charge in [0.25, 0.3) is 0 Å². The lowest BCUT2D eigenvalue weighted by atomic mass is 10.0. The molecule has 1 aliphatic rings. The molecule has 2 rings (SSSR count). The van der Waals surface area contributed by atoms with Crippen molar-refractivity contribution in [3.8, 4) is 0 Å². The van der Waals surface area contributed by atoms with Crippen LogP contribution in [-0.4, -0.2) is 65.6 Å². The summed E-state index contributed by atoms with van der Waals surface area (Å²) in [4.78, 5) is 16.0. The number of rotatable bonds is 4. The van der Waals surface area contributed by atoms with Gasteiger partial charge in [-0.25, -0.2) is 4.79 Å². The van der Waals surface area contributed by atoms with Crippen molar-refractivity contribution in [3.63, 3.8) is 0 Å². The van der Waals surface area contributed by atoms with Gasteiger partial charge in [0, 0.05) is 38.4 Å². The van der Waals surface area contributed by atoms with Crippen molar-refractivity contribution in [3.05, 3.63) is 29.8 Å². The minimum absolute atomic E-state index is 0.00947. The summed E-state index contributed by atoms with van der Waals surface area (Å²) < 4.78 is 5.40. The number of nitrogens with zero attached hydrogens (tertiary/aromatic N) is 2. The number of benzene rings is 1. The third kappa shape index (κ3) is 5.32. The normalized spacial score (nSPS) is 18.0. The lowest BCUT2D eigenvalue weighted by Gasteiger charge is -2.36. The molecule has 2 unspecified atom stereocenters. The van der Waals surface area contributed by atoms with Crippen LogP contribution in [-0.2, 0) is 4.74 Å². The first-order valence-electron chi connectivity index (χ1n) is 8.60. The molecule has 0 bridgehead atoms. The van der Waals surface area contributed by atoms with Crippen LogP contribution in [0.25, 0.3) is 0 Å². The number of ether oxygens (including phenoxy) is 1. The molecule has 25 heavy (non-hydrogen) atoms. The summed E-state index contributed by atoms with van der Waals surface area (Å²) in [6.07, 6.45) is -2.23. The van der Waals surface area contributed by atoms with Crippen molar-refractivity contribution in [2.24, 2.45) is 5.73 Å². The number of hydrogen-bond donors (Lipinski definition) is 3. The lowest BCUT2D eigenvalue weighted by molar-refractivity contribution is 0.0240. The monoisotopic (exact) mass is 351 g/mol. The molecule has 1 aliphatic heterocycles. The summed E-state index contributed by atoms with van der Waals surface area (Å²) in [5.41, 5.74) is 6.53. The van der Waals surface area contributed by atoms with Gasteiger partial charge in [-0.15, -0.1) is 0 Å². The van der Waals surface area contributed by atoms with Crippen LogP contribution in [0.3, 0.4) is 0 Å². The molecule has 4 N–H and O–H groups in total. The third-order valence-corrected chi connectivity index (χ3v) is 4.14. The zero-order valence-corrected chi connectivity index (χ0v) is 15.2. The zero-order valence-electron chi connectivity index (χ0n) is 15.2. The standard InChI is InChI=1S/C18H29N3O4/c1-18(2,3)25-17(24)21-10-8-20(9-11-21)14-6-4-13(5-7-14)16(23)15(22)12-19/h4-7,15-16,22-23H,8-12,19H2,1-3H3. The Bertz CT molecular complexity index is 563. The van der Waals surface area contributed by atoms with E-state index >= 15 is 0 Å². The Kier molecular flexibility index (Phi) is 6.26. The highest BCUT2D eigenvalue weighted by atomic mass is 16.6. The van der Waals surface area contributed by atoms with Gasteiger partial charge in [-0.1, -0.05) is 12.1 Å². The maximum absolute atomic E-state index is 12.1. The van der Waals surface area contributed by atoms with Crippen molar-refractivity contribution >= 4 is 11.8 Å². The zero-order chi connectivity index (χ0) is 18.6. The molecule has 1 aromatic carbocycles. The summed E-state index contributed by atoms with van der Waals surface area (Å²) in [5, 5.41) is 19.6. The molecule has 0 spiro atoms. The minimum atomic E-state index is -0.983. The molecule has 0 aromatic heterocycles. The van der Waals surface area contributed by atoms with Gasteiger partial charge < -0.3 is 30.5 Å². The van der Waals surface area contributed by atoms with Crippen LogP contribution in [0.1, 0.15) is 32.4 Å². The van der Waals surface area contributed by atoms with E-state index in [2.05, 4.69) is 4.90 Å². The van der Waals surface area contributed by atoms with E-state index in [0.29, 0.717) is 31.7 Å². The molecule has 140 valence electrons. The molecule has 1 heterocycles. The van der Waals surface area contributed by atoms with Crippen molar-refractivity contribution < 1.29 is 19.7 Å². The fourth-order valence-electron chi connectivity index (χ4n) is 2.71. The number of carbonyl (C=O) groups excluding carboxylic acids is 1. The number of hydrogen-bond acceptors (Lipinski definition) is 6. The molecule has 1 aromatic rings. The molecule has 0 aliphatic carbocycles. The van der Waals surface area contributed by atoms with Crippen LogP contribution in [0.2, 0.25) is 0 Å².